The normalized spacial score (nSPS) is 11.3. The van der Waals surface area contributed by atoms with Crippen molar-refractivity contribution in [1.82, 2.24) is 19.9 Å². The van der Waals surface area contributed by atoms with Crippen molar-refractivity contribution in [3.8, 4) is 0 Å². The van der Waals surface area contributed by atoms with Gasteiger partial charge in [-0.05, 0) is 19.1 Å². The zero-order valence-corrected chi connectivity index (χ0v) is 12.4. The standard InChI is InChI=1S/C12H15N5O3S/c1-8-11(7-14-17-8)16-12(18)9-3-4-13-10(5-9)6-15-21(2,19)20/h3-5,7,15H,6H2,1-2H3,(H,14,17)(H,16,18). The van der Waals surface area contributed by atoms with Gasteiger partial charge in [-0.3, -0.25) is 14.9 Å². The summed E-state index contributed by atoms with van der Waals surface area (Å²) in [5.74, 6) is -0.317. The molecule has 0 spiro atoms. The summed E-state index contributed by atoms with van der Waals surface area (Å²) in [6, 6.07) is 3.08. The van der Waals surface area contributed by atoms with Gasteiger partial charge in [-0.25, -0.2) is 13.1 Å². The molecule has 0 aromatic carbocycles. The van der Waals surface area contributed by atoms with Crippen LogP contribution in [0.25, 0.3) is 0 Å². The van der Waals surface area contributed by atoms with E-state index in [9.17, 15) is 13.2 Å². The maximum atomic E-state index is 12.1. The highest BCUT2D eigenvalue weighted by Crippen LogP contribution is 2.12. The Morgan fingerprint density at radius 3 is 2.81 bits per heavy atom. The Balaban J connectivity index is 2.10. The van der Waals surface area contributed by atoms with Gasteiger partial charge in [-0.2, -0.15) is 5.10 Å². The van der Waals surface area contributed by atoms with Crippen LogP contribution >= 0.6 is 0 Å². The van der Waals surface area contributed by atoms with Gasteiger partial charge in [0, 0.05) is 11.8 Å². The molecular weight excluding hydrogens is 294 g/mol. The molecule has 112 valence electrons. The molecule has 0 atom stereocenters. The summed E-state index contributed by atoms with van der Waals surface area (Å²) < 4.78 is 24.4. The van der Waals surface area contributed by atoms with Gasteiger partial charge < -0.3 is 5.32 Å². The molecule has 2 rings (SSSR count). The van der Waals surface area contributed by atoms with Crippen molar-refractivity contribution in [2.75, 3.05) is 11.6 Å². The molecular formula is C12H15N5O3S. The van der Waals surface area contributed by atoms with E-state index in [0.717, 1.165) is 11.9 Å². The Hall–Kier alpha value is -2.26. The Bertz CT molecular complexity index is 754. The van der Waals surface area contributed by atoms with E-state index in [1.54, 1.807) is 13.0 Å². The zero-order chi connectivity index (χ0) is 15.5. The van der Waals surface area contributed by atoms with Crippen molar-refractivity contribution < 1.29 is 13.2 Å². The summed E-state index contributed by atoms with van der Waals surface area (Å²) in [6.45, 7) is 1.82. The predicted molar refractivity (Wildman–Crippen MR) is 77.2 cm³/mol. The lowest BCUT2D eigenvalue weighted by Gasteiger charge is -2.06. The number of pyridine rings is 1. The third-order valence-electron chi connectivity index (χ3n) is 2.67. The molecule has 8 nitrogen and oxygen atoms in total. The predicted octanol–water partition coefficient (Wildman–Crippen LogP) is 0.415. The number of sulfonamides is 1. The summed E-state index contributed by atoms with van der Waals surface area (Å²) in [4.78, 5) is 16.1. The topological polar surface area (TPSA) is 117 Å². The summed E-state index contributed by atoms with van der Waals surface area (Å²) >= 11 is 0. The number of carbonyl (C=O) groups is 1. The Morgan fingerprint density at radius 1 is 1.43 bits per heavy atom. The molecule has 2 aromatic heterocycles. The number of H-pyrrole nitrogens is 1. The number of carbonyl (C=O) groups excluding carboxylic acids is 1. The fourth-order valence-electron chi connectivity index (χ4n) is 1.59. The van der Waals surface area contributed by atoms with Crippen LogP contribution in [-0.2, 0) is 16.6 Å². The molecule has 9 heteroatoms. The first-order chi connectivity index (χ1) is 9.85. The number of hydrogen-bond donors (Lipinski definition) is 3. The molecule has 0 aliphatic heterocycles. The molecule has 2 heterocycles. The Kier molecular flexibility index (Phi) is 4.34. The number of aryl methyl sites for hydroxylation is 1. The van der Waals surface area contributed by atoms with Crippen molar-refractivity contribution in [2.45, 2.75) is 13.5 Å². The lowest BCUT2D eigenvalue weighted by Crippen LogP contribution is -2.22. The molecule has 0 aliphatic rings. The average molecular weight is 309 g/mol. The highest BCUT2D eigenvalue weighted by molar-refractivity contribution is 7.88. The third-order valence-corrected chi connectivity index (χ3v) is 3.34. The molecule has 0 aliphatic carbocycles. The van der Waals surface area contributed by atoms with Crippen molar-refractivity contribution in [3.05, 3.63) is 41.5 Å². The van der Waals surface area contributed by atoms with Crippen molar-refractivity contribution >= 4 is 21.6 Å². The minimum Gasteiger partial charge on any atom is -0.319 e. The molecule has 0 radical (unpaired) electrons. The number of hydrogen-bond acceptors (Lipinski definition) is 5. The number of aromatic amines is 1. The van der Waals surface area contributed by atoms with Crippen molar-refractivity contribution in [1.29, 1.82) is 0 Å². The Morgan fingerprint density at radius 2 is 2.19 bits per heavy atom. The smallest absolute Gasteiger partial charge is 0.255 e. The van der Waals surface area contributed by atoms with Crippen LogP contribution in [0.5, 0.6) is 0 Å². The van der Waals surface area contributed by atoms with Gasteiger partial charge in [0.25, 0.3) is 5.91 Å². The third kappa shape index (κ3) is 4.36. The van der Waals surface area contributed by atoms with E-state index in [1.165, 1.54) is 18.5 Å². The number of anilines is 1. The maximum absolute atomic E-state index is 12.1. The van der Waals surface area contributed by atoms with Crippen LogP contribution in [0.4, 0.5) is 5.69 Å². The number of rotatable bonds is 5. The van der Waals surface area contributed by atoms with Crippen LogP contribution in [-0.4, -0.2) is 35.8 Å². The van der Waals surface area contributed by atoms with E-state index in [4.69, 9.17) is 0 Å². The van der Waals surface area contributed by atoms with Gasteiger partial charge >= 0.3 is 0 Å². The first-order valence-electron chi connectivity index (χ1n) is 6.06. The van der Waals surface area contributed by atoms with E-state index < -0.39 is 10.0 Å². The summed E-state index contributed by atoms with van der Waals surface area (Å²) in [5, 5.41) is 9.24. The monoisotopic (exact) mass is 309 g/mol. The van der Waals surface area contributed by atoms with Gasteiger partial charge in [0.1, 0.15) is 0 Å². The molecule has 2 aromatic rings. The highest BCUT2D eigenvalue weighted by atomic mass is 32.2. The summed E-state index contributed by atoms with van der Waals surface area (Å²) in [7, 11) is -3.31. The fourth-order valence-corrected chi connectivity index (χ4v) is 2.00. The van der Waals surface area contributed by atoms with Crippen LogP contribution in [0.2, 0.25) is 0 Å². The average Bonchev–Trinajstić information content (AvgIpc) is 2.81. The minimum atomic E-state index is -3.31. The van der Waals surface area contributed by atoms with Crippen LogP contribution in [0.1, 0.15) is 21.7 Å². The molecule has 0 saturated carbocycles. The highest BCUT2D eigenvalue weighted by Gasteiger charge is 2.10. The van der Waals surface area contributed by atoms with Gasteiger partial charge in [-0.15, -0.1) is 0 Å². The maximum Gasteiger partial charge on any atom is 0.255 e. The SMILES string of the molecule is Cc1[nH]ncc1NC(=O)c1ccnc(CNS(C)(=O)=O)c1. The second kappa shape index (κ2) is 6.02. The zero-order valence-electron chi connectivity index (χ0n) is 11.5. The lowest BCUT2D eigenvalue weighted by atomic mass is 10.2. The molecule has 1 amide bonds. The van der Waals surface area contributed by atoms with Crippen LogP contribution in [0, 0.1) is 6.92 Å². The number of aromatic nitrogens is 3. The molecule has 0 unspecified atom stereocenters. The second-order valence-electron chi connectivity index (χ2n) is 4.49. The van der Waals surface area contributed by atoms with Gasteiger partial charge in [0.2, 0.25) is 10.0 Å². The van der Waals surface area contributed by atoms with E-state index in [-0.39, 0.29) is 12.5 Å². The largest absolute Gasteiger partial charge is 0.319 e. The first kappa shape index (κ1) is 15.1. The van der Waals surface area contributed by atoms with Crippen LogP contribution in [0.3, 0.4) is 0 Å². The van der Waals surface area contributed by atoms with E-state index in [1.807, 2.05) is 0 Å². The van der Waals surface area contributed by atoms with E-state index >= 15 is 0 Å². The van der Waals surface area contributed by atoms with Gasteiger partial charge in [-0.1, -0.05) is 0 Å². The summed E-state index contributed by atoms with van der Waals surface area (Å²) in [5.41, 5.74) is 2.18. The molecule has 0 bridgehead atoms. The fraction of sp³-hybridized carbons (Fsp3) is 0.250. The quantitative estimate of drug-likeness (QED) is 0.740. The molecule has 21 heavy (non-hydrogen) atoms. The van der Waals surface area contributed by atoms with Crippen molar-refractivity contribution in [3.63, 3.8) is 0 Å². The number of amides is 1. The van der Waals surface area contributed by atoms with Crippen LogP contribution in [0.15, 0.2) is 24.5 Å². The lowest BCUT2D eigenvalue weighted by molar-refractivity contribution is 0.102. The van der Waals surface area contributed by atoms with Crippen molar-refractivity contribution in [2.24, 2.45) is 0 Å². The molecule has 0 saturated heterocycles. The number of nitrogens with one attached hydrogen (secondary N) is 3. The van der Waals surface area contributed by atoms with E-state index in [2.05, 4.69) is 25.2 Å². The summed E-state index contributed by atoms with van der Waals surface area (Å²) in [6.07, 6.45) is 4.03. The number of nitrogens with zero attached hydrogens (tertiary/aromatic N) is 2. The second-order valence-corrected chi connectivity index (χ2v) is 6.32. The van der Waals surface area contributed by atoms with Crippen LogP contribution < -0.4 is 10.0 Å². The van der Waals surface area contributed by atoms with Gasteiger partial charge in [0.05, 0.1) is 36.1 Å². The van der Waals surface area contributed by atoms with Gasteiger partial charge in [0.15, 0.2) is 0 Å². The van der Waals surface area contributed by atoms with E-state index in [0.29, 0.717) is 16.9 Å². The minimum absolute atomic E-state index is 0.0324. The Labute approximate surface area is 122 Å². The molecule has 0 fully saturated rings. The first-order valence-corrected chi connectivity index (χ1v) is 7.95. The molecule has 3 N–H and O–H groups in total.